The van der Waals surface area contributed by atoms with Crippen LogP contribution in [0.3, 0.4) is 0 Å². The van der Waals surface area contributed by atoms with Gasteiger partial charge >= 0.3 is 0 Å². The van der Waals surface area contributed by atoms with E-state index in [1.807, 2.05) is 24.3 Å². The van der Waals surface area contributed by atoms with Crippen molar-refractivity contribution >= 4 is 5.78 Å². The molecule has 3 rings (SSSR count). The molecule has 1 aromatic rings. The smallest absolute Gasteiger partial charge is 0.200 e. The van der Waals surface area contributed by atoms with Crippen molar-refractivity contribution in [3.63, 3.8) is 0 Å². The number of fused-ring (bicyclic) bond motifs is 1. The minimum atomic E-state index is -0.520. The van der Waals surface area contributed by atoms with Crippen molar-refractivity contribution in [3.8, 4) is 0 Å². The number of rotatable bonds is 2. The molecule has 16 heavy (non-hydrogen) atoms. The zero-order chi connectivity index (χ0) is 11.0. The highest BCUT2D eigenvalue weighted by molar-refractivity contribution is 5.89. The lowest BCUT2D eigenvalue weighted by Gasteiger charge is -2.10. The Bertz CT molecular complexity index is 496. The average molecular weight is 215 g/mol. The molecule has 0 aromatic heterocycles. The lowest BCUT2D eigenvalue weighted by molar-refractivity contribution is -0.121. The Kier molecular flexibility index (Phi) is 2.29. The predicted molar refractivity (Wildman–Crippen MR) is 58.6 cm³/mol. The highest BCUT2D eigenvalue weighted by Crippen LogP contribution is 2.10. The molecule has 1 fully saturated rings. The molecular weight excluding hydrogens is 202 g/mol. The van der Waals surface area contributed by atoms with Gasteiger partial charge in [-0.15, -0.1) is 0 Å². The second-order valence-electron chi connectivity index (χ2n) is 4.17. The van der Waals surface area contributed by atoms with E-state index < -0.39 is 6.17 Å². The van der Waals surface area contributed by atoms with Crippen LogP contribution in [0.4, 0.5) is 0 Å². The average Bonchev–Trinajstić information content (AvgIpc) is 2.97. The van der Waals surface area contributed by atoms with E-state index in [0.29, 0.717) is 0 Å². The van der Waals surface area contributed by atoms with Gasteiger partial charge in [0.1, 0.15) is 0 Å². The summed E-state index contributed by atoms with van der Waals surface area (Å²) < 4.78 is 0. The summed E-state index contributed by atoms with van der Waals surface area (Å²) in [5, 5.41) is 4.86. The van der Waals surface area contributed by atoms with Crippen molar-refractivity contribution in [2.24, 2.45) is 9.98 Å². The van der Waals surface area contributed by atoms with Crippen LogP contribution in [-0.2, 0) is 4.79 Å². The van der Waals surface area contributed by atoms with Gasteiger partial charge < -0.3 is 5.32 Å². The number of nitrogens with zero attached hydrogens (tertiary/aromatic N) is 2. The fourth-order valence-corrected chi connectivity index (χ4v) is 2.21. The number of para-hydroxylation sites is 2. The van der Waals surface area contributed by atoms with E-state index >= 15 is 0 Å². The Labute approximate surface area is 93.1 Å². The fraction of sp³-hybridized carbons (Fsp3) is 0.417. The Morgan fingerprint density at radius 1 is 1.25 bits per heavy atom. The van der Waals surface area contributed by atoms with Crippen LogP contribution in [-0.4, -0.2) is 24.5 Å². The molecule has 1 atom stereocenters. The summed E-state index contributed by atoms with van der Waals surface area (Å²) in [4.78, 5) is 20.7. The van der Waals surface area contributed by atoms with E-state index in [2.05, 4.69) is 15.3 Å². The summed E-state index contributed by atoms with van der Waals surface area (Å²) in [6, 6.07) is 7.58. The highest BCUT2D eigenvalue weighted by Gasteiger charge is 2.29. The van der Waals surface area contributed by atoms with E-state index in [4.69, 9.17) is 0 Å². The number of hydrogen-bond acceptors (Lipinski definition) is 4. The van der Waals surface area contributed by atoms with Gasteiger partial charge in [0.05, 0.1) is 16.8 Å². The molecular formula is C12H13N3O. The maximum atomic E-state index is 12.1. The molecule has 4 heteroatoms. The molecule has 0 amide bonds. The minimum absolute atomic E-state index is 0.0492. The van der Waals surface area contributed by atoms with Crippen molar-refractivity contribution in [2.45, 2.75) is 25.0 Å². The standard InChI is InChI=1S/C12H13N3O/c16-11(10-6-3-7-13-10)12-14-8-4-1-2-5-9(8)15-12/h1-2,4-5,10,12-13H,3,6-7H2. The third-order valence-corrected chi connectivity index (χ3v) is 3.06. The van der Waals surface area contributed by atoms with Gasteiger partial charge in [-0.25, -0.2) is 9.98 Å². The van der Waals surface area contributed by atoms with E-state index in [-0.39, 0.29) is 11.8 Å². The van der Waals surface area contributed by atoms with Crippen LogP contribution in [0.5, 0.6) is 0 Å². The molecule has 2 aliphatic heterocycles. The van der Waals surface area contributed by atoms with Crippen LogP contribution in [0.25, 0.3) is 0 Å². The first kappa shape index (κ1) is 9.66. The van der Waals surface area contributed by atoms with Gasteiger partial charge in [0, 0.05) is 0 Å². The van der Waals surface area contributed by atoms with Crippen molar-refractivity contribution in [3.05, 3.63) is 35.0 Å². The van der Waals surface area contributed by atoms with Crippen LogP contribution in [0, 0.1) is 0 Å². The van der Waals surface area contributed by atoms with Gasteiger partial charge in [0.25, 0.3) is 0 Å². The molecule has 2 aliphatic rings. The molecule has 0 aliphatic carbocycles. The van der Waals surface area contributed by atoms with Crippen molar-refractivity contribution in [2.75, 3.05) is 6.54 Å². The number of carbonyl (C=O) groups excluding carboxylic acids is 1. The van der Waals surface area contributed by atoms with Gasteiger partial charge in [0.2, 0.25) is 6.17 Å². The van der Waals surface area contributed by atoms with Crippen LogP contribution < -0.4 is 16.0 Å². The monoisotopic (exact) mass is 215 g/mol. The van der Waals surface area contributed by atoms with Crippen molar-refractivity contribution in [1.82, 2.24) is 5.32 Å². The minimum Gasteiger partial charge on any atom is -0.307 e. The zero-order valence-corrected chi connectivity index (χ0v) is 8.89. The molecule has 0 saturated carbocycles. The van der Waals surface area contributed by atoms with Crippen molar-refractivity contribution < 1.29 is 4.79 Å². The summed E-state index contributed by atoms with van der Waals surface area (Å²) >= 11 is 0. The molecule has 0 spiro atoms. The number of carbonyl (C=O) groups is 1. The summed E-state index contributed by atoms with van der Waals surface area (Å²) in [5.41, 5.74) is 0. The van der Waals surface area contributed by atoms with Gasteiger partial charge in [0.15, 0.2) is 5.78 Å². The van der Waals surface area contributed by atoms with E-state index in [1.54, 1.807) is 0 Å². The first-order valence-corrected chi connectivity index (χ1v) is 5.62. The third kappa shape index (κ3) is 1.55. The van der Waals surface area contributed by atoms with Gasteiger partial charge in [-0.3, -0.25) is 4.79 Å². The Hall–Kier alpha value is -1.55. The number of hydrogen-bond donors (Lipinski definition) is 1. The van der Waals surface area contributed by atoms with Gasteiger partial charge in [-0.1, -0.05) is 12.1 Å². The molecule has 0 radical (unpaired) electrons. The predicted octanol–water partition coefficient (Wildman–Crippen LogP) is -0.413. The molecule has 4 nitrogen and oxygen atoms in total. The Morgan fingerprint density at radius 3 is 2.50 bits per heavy atom. The second kappa shape index (κ2) is 3.79. The molecule has 2 heterocycles. The van der Waals surface area contributed by atoms with Crippen LogP contribution >= 0.6 is 0 Å². The van der Waals surface area contributed by atoms with Gasteiger partial charge in [-0.2, -0.15) is 0 Å². The maximum Gasteiger partial charge on any atom is 0.200 e. The molecule has 0 bridgehead atoms. The van der Waals surface area contributed by atoms with E-state index in [9.17, 15) is 4.79 Å². The Balaban J connectivity index is 1.89. The SMILES string of the molecule is O=C(C1N=c2ccccc2=N1)C1CCCN1. The molecule has 1 aromatic carbocycles. The molecule has 82 valence electrons. The zero-order valence-electron chi connectivity index (χ0n) is 8.89. The summed E-state index contributed by atoms with van der Waals surface area (Å²) in [7, 11) is 0. The molecule has 1 N–H and O–H groups in total. The van der Waals surface area contributed by atoms with Crippen LogP contribution in [0.15, 0.2) is 34.3 Å². The summed E-state index contributed by atoms with van der Waals surface area (Å²) in [6.07, 6.45) is 1.46. The molecule has 1 saturated heterocycles. The lowest BCUT2D eigenvalue weighted by atomic mass is 10.1. The Morgan fingerprint density at radius 2 is 1.94 bits per heavy atom. The first-order chi connectivity index (χ1) is 7.84. The number of benzene rings is 1. The molecule has 1 unspecified atom stereocenters. The van der Waals surface area contributed by atoms with Crippen LogP contribution in [0.1, 0.15) is 12.8 Å². The van der Waals surface area contributed by atoms with Crippen molar-refractivity contribution in [1.29, 1.82) is 0 Å². The second-order valence-corrected chi connectivity index (χ2v) is 4.17. The largest absolute Gasteiger partial charge is 0.307 e. The third-order valence-electron chi connectivity index (χ3n) is 3.06. The number of nitrogens with one attached hydrogen (secondary N) is 1. The highest BCUT2D eigenvalue weighted by atomic mass is 16.1. The quantitative estimate of drug-likeness (QED) is 0.729. The van der Waals surface area contributed by atoms with E-state index in [1.165, 1.54) is 0 Å². The summed E-state index contributed by atoms with van der Waals surface area (Å²) in [6.45, 7) is 0.927. The normalized spacial score (nSPS) is 23.6. The van der Waals surface area contributed by atoms with E-state index in [0.717, 1.165) is 30.1 Å². The van der Waals surface area contributed by atoms with Crippen LogP contribution in [0.2, 0.25) is 0 Å². The number of ketones is 1. The fourth-order valence-electron chi connectivity index (χ4n) is 2.21. The summed E-state index contributed by atoms with van der Waals surface area (Å²) in [5.74, 6) is 0.105. The maximum absolute atomic E-state index is 12.1. The first-order valence-electron chi connectivity index (χ1n) is 5.62. The topological polar surface area (TPSA) is 53.8 Å². The van der Waals surface area contributed by atoms with Gasteiger partial charge in [-0.05, 0) is 31.5 Å². The lowest BCUT2D eigenvalue weighted by Crippen LogP contribution is -2.36. The number of Topliss-reactive ketones (excluding diaryl/α,β-unsaturated/α-hetero) is 1.